The van der Waals surface area contributed by atoms with Crippen LogP contribution in [0.2, 0.25) is 0 Å². The fourth-order valence-electron chi connectivity index (χ4n) is 2.98. The van der Waals surface area contributed by atoms with Gasteiger partial charge in [0.15, 0.2) is 0 Å². The second kappa shape index (κ2) is 9.37. The second-order valence-electron chi connectivity index (χ2n) is 6.53. The van der Waals surface area contributed by atoms with E-state index in [9.17, 15) is 9.18 Å². The Bertz CT molecular complexity index is 1130. The highest BCUT2D eigenvalue weighted by atomic mass is 32.2. The molecule has 0 saturated heterocycles. The maximum Gasteiger partial charge on any atom is 0.254 e. The van der Waals surface area contributed by atoms with Crippen molar-refractivity contribution in [2.75, 3.05) is 0 Å². The topological polar surface area (TPSA) is 59.8 Å². The Hall–Kier alpha value is -3.45. The summed E-state index contributed by atoms with van der Waals surface area (Å²) in [4.78, 5) is 17.2. The lowest BCUT2D eigenvalue weighted by Gasteiger charge is -2.12. The van der Waals surface area contributed by atoms with Gasteiger partial charge in [0, 0.05) is 30.9 Å². The van der Waals surface area contributed by atoms with Crippen molar-refractivity contribution in [3.05, 3.63) is 108 Å². The molecule has 0 aliphatic heterocycles. The van der Waals surface area contributed by atoms with Crippen LogP contribution in [0.5, 0.6) is 0 Å². The first kappa shape index (κ1) is 19.8. The van der Waals surface area contributed by atoms with Gasteiger partial charge in [0.2, 0.25) is 0 Å². The lowest BCUT2D eigenvalue weighted by molar-refractivity contribution is 0.0947. The van der Waals surface area contributed by atoms with Gasteiger partial charge in [0.05, 0.1) is 11.3 Å². The van der Waals surface area contributed by atoms with Gasteiger partial charge in [-0.3, -0.25) is 4.79 Å². The van der Waals surface area contributed by atoms with E-state index in [0.29, 0.717) is 22.9 Å². The van der Waals surface area contributed by atoms with Crippen LogP contribution in [-0.2, 0) is 12.3 Å². The van der Waals surface area contributed by atoms with Crippen molar-refractivity contribution in [1.29, 1.82) is 0 Å². The summed E-state index contributed by atoms with van der Waals surface area (Å²) in [5.74, 6) is 0.136. The minimum absolute atomic E-state index is 0.194. The van der Waals surface area contributed by atoms with Crippen molar-refractivity contribution in [2.24, 2.45) is 0 Å². The highest BCUT2D eigenvalue weighted by Gasteiger charge is 2.14. The molecule has 5 nitrogen and oxygen atoms in total. The number of amides is 1. The van der Waals surface area contributed by atoms with Gasteiger partial charge in [-0.25, -0.2) is 14.1 Å². The number of hydrogen-bond donors (Lipinski definition) is 1. The number of hydrogen-bond acceptors (Lipinski definition) is 4. The number of pyridine rings is 1. The third kappa shape index (κ3) is 4.75. The van der Waals surface area contributed by atoms with Crippen molar-refractivity contribution >= 4 is 17.7 Å². The van der Waals surface area contributed by atoms with E-state index in [4.69, 9.17) is 0 Å². The molecule has 1 N–H and O–H groups in total. The van der Waals surface area contributed by atoms with E-state index in [2.05, 4.69) is 15.4 Å². The SMILES string of the molecule is O=C(NCc1ccccc1-n1cccn1)c1cccnc1SCc1ccc(F)cc1. The molecule has 2 aromatic heterocycles. The number of carbonyl (C=O) groups excluding carboxylic acids is 1. The average molecular weight is 418 g/mol. The lowest BCUT2D eigenvalue weighted by atomic mass is 10.1. The molecular formula is C23H19FN4OS. The first-order chi connectivity index (χ1) is 14.7. The van der Waals surface area contributed by atoms with E-state index in [1.54, 1.807) is 41.3 Å². The Balaban J connectivity index is 1.45. The summed E-state index contributed by atoms with van der Waals surface area (Å²) >= 11 is 1.45. The van der Waals surface area contributed by atoms with E-state index < -0.39 is 0 Å². The number of thioether (sulfide) groups is 1. The number of rotatable bonds is 7. The Morgan fingerprint density at radius 1 is 1.00 bits per heavy atom. The Morgan fingerprint density at radius 3 is 2.63 bits per heavy atom. The lowest BCUT2D eigenvalue weighted by Crippen LogP contribution is -2.24. The third-order valence-corrected chi connectivity index (χ3v) is 5.56. The highest BCUT2D eigenvalue weighted by molar-refractivity contribution is 7.98. The van der Waals surface area contributed by atoms with E-state index >= 15 is 0 Å². The fraction of sp³-hybridized carbons (Fsp3) is 0.0870. The smallest absolute Gasteiger partial charge is 0.254 e. The summed E-state index contributed by atoms with van der Waals surface area (Å²) in [7, 11) is 0. The molecule has 2 aromatic carbocycles. The standard InChI is InChI=1S/C23H19FN4OS/c24-19-10-8-17(9-11-19)16-30-23-20(6-3-12-25-23)22(29)26-15-18-5-1-2-7-21(18)28-14-4-13-27-28/h1-14H,15-16H2,(H,26,29). The zero-order valence-corrected chi connectivity index (χ0v) is 16.8. The fourth-order valence-corrected chi connectivity index (χ4v) is 3.92. The second-order valence-corrected chi connectivity index (χ2v) is 7.50. The van der Waals surface area contributed by atoms with Crippen LogP contribution in [0.25, 0.3) is 5.69 Å². The van der Waals surface area contributed by atoms with Crippen LogP contribution in [0.1, 0.15) is 21.5 Å². The summed E-state index contributed by atoms with van der Waals surface area (Å²) in [6, 6.07) is 19.5. The summed E-state index contributed by atoms with van der Waals surface area (Å²) in [5, 5.41) is 7.89. The van der Waals surface area contributed by atoms with Crippen molar-refractivity contribution in [3.63, 3.8) is 0 Å². The number of carbonyl (C=O) groups is 1. The summed E-state index contributed by atoms with van der Waals surface area (Å²) in [6.45, 7) is 0.367. The van der Waals surface area contributed by atoms with Gasteiger partial charge in [-0.1, -0.05) is 30.3 Å². The molecule has 150 valence electrons. The van der Waals surface area contributed by atoms with Crippen LogP contribution in [0.3, 0.4) is 0 Å². The molecule has 2 heterocycles. The minimum atomic E-state index is -0.267. The molecule has 0 atom stereocenters. The molecule has 7 heteroatoms. The molecule has 1 amide bonds. The van der Waals surface area contributed by atoms with Crippen molar-refractivity contribution in [1.82, 2.24) is 20.1 Å². The number of nitrogens with one attached hydrogen (secondary N) is 1. The highest BCUT2D eigenvalue weighted by Crippen LogP contribution is 2.24. The zero-order chi connectivity index (χ0) is 20.8. The molecule has 0 saturated carbocycles. The third-order valence-electron chi connectivity index (χ3n) is 4.49. The van der Waals surface area contributed by atoms with E-state index in [-0.39, 0.29) is 11.7 Å². The monoisotopic (exact) mass is 418 g/mol. The number of halogens is 1. The first-order valence-corrected chi connectivity index (χ1v) is 10.4. The summed E-state index contributed by atoms with van der Waals surface area (Å²) < 4.78 is 14.9. The molecule has 4 aromatic rings. The predicted octanol–water partition coefficient (Wildman–Crippen LogP) is 4.63. The molecule has 0 radical (unpaired) electrons. The van der Waals surface area contributed by atoms with Gasteiger partial charge in [-0.15, -0.1) is 11.8 Å². The van der Waals surface area contributed by atoms with Crippen molar-refractivity contribution in [3.8, 4) is 5.69 Å². The number of aromatic nitrogens is 3. The Kier molecular flexibility index (Phi) is 6.20. The molecular weight excluding hydrogens is 399 g/mol. The predicted molar refractivity (Wildman–Crippen MR) is 115 cm³/mol. The van der Waals surface area contributed by atoms with Gasteiger partial charge in [0.25, 0.3) is 5.91 Å². The van der Waals surface area contributed by atoms with Crippen LogP contribution in [0.4, 0.5) is 4.39 Å². The molecule has 0 unspecified atom stereocenters. The van der Waals surface area contributed by atoms with Gasteiger partial charge in [-0.05, 0) is 47.5 Å². The average Bonchev–Trinajstić information content (AvgIpc) is 3.32. The van der Waals surface area contributed by atoms with Gasteiger partial charge >= 0.3 is 0 Å². The van der Waals surface area contributed by atoms with Crippen LogP contribution >= 0.6 is 11.8 Å². The zero-order valence-electron chi connectivity index (χ0n) is 16.0. The largest absolute Gasteiger partial charge is 0.348 e. The quantitative estimate of drug-likeness (QED) is 0.445. The van der Waals surface area contributed by atoms with Crippen LogP contribution in [-0.4, -0.2) is 20.7 Å². The Morgan fingerprint density at radius 2 is 1.83 bits per heavy atom. The summed E-state index contributed by atoms with van der Waals surface area (Å²) in [6.07, 6.45) is 5.25. The normalized spacial score (nSPS) is 10.7. The van der Waals surface area contributed by atoms with Crippen molar-refractivity contribution < 1.29 is 9.18 Å². The molecule has 0 spiro atoms. The van der Waals surface area contributed by atoms with Crippen molar-refractivity contribution in [2.45, 2.75) is 17.3 Å². The Labute approximate surface area is 178 Å². The minimum Gasteiger partial charge on any atom is -0.348 e. The van der Waals surface area contributed by atoms with Gasteiger partial charge in [-0.2, -0.15) is 5.10 Å². The molecule has 4 rings (SSSR count). The van der Waals surface area contributed by atoms with Crippen LogP contribution < -0.4 is 5.32 Å². The number of para-hydroxylation sites is 1. The first-order valence-electron chi connectivity index (χ1n) is 9.39. The molecule has 0 bridgehead atoms. The van der Waals surface area contributed by atoms with E-state index in [0.717, 1.165) is 16.8 Å². The molecule has 0 aliphatic carbocycles. The van der Waals surface area contributed by atoms with Crippen LogP contribution in [0, 0.1) is 5.82 Å². The van der Waals surface area contributed by atoms with Gasteiger partial charge in [0.1, 0.15) is 10.8 Å². The number of benzene rings is 2. The number of nitrogens with zero attached hydrogens (tertiary/aromatic N) is 3. The maximum absolute atomic E-state index is 13.1. The van der Waals surface area contributed by atoms with E-state index in [1.807, 2.05) is 36.5 Å². The summed E-state index contributed by atoms with van der Waals surface area (Å²) in [5.41, 5.74) is 3.35. The molecule has 30 heavy (non-hydrogen) atoms. The van der Waals surface area contributed by atoms with Gasteiger partial charge < -0.3 is 5.32 Å². The van der Waals surface area contributed by atoms with E-state index in [1.165, 1.54) is 23.9 Å². The molecule has 0 aliphatic rings. The van der Waals surface area contributed by atoms with Crippen LogP contribution in [0.15, 0.2) is 90.3 Å². The molecule has 0 fully saturated rings. The maximum atomic E-state index is 13.1.